The number of ether oxygens (including phenoxy) is 1. The van der Waals surface area contributed by atoms with Crippen molar-refractivity contribution in [3.05, 3.63) is 94.9 Å². The molecule has 0 spiro atoms. The van der Waals surface area contributed by atoms with Crippen LogP contribution in [0.3, 0.4) is 0 Å². The maximum atomic E-state index is 13.5. The highest BCUT2D eigenvalue weighted by molar-refractivity contribution is 6.07. The van der Waals surface area contributed by atoms with Crippen LogP contribution in [0, 0.1) is 13.8 Å². The quantitative estimate of drug-likeness (QED) is 0.393. The van der Waals surface area contributed by atoms with E-state index in [1.165, 1.54) is 5.56 Å². The van der Waals surface area contributed by atoms with Gasteiger partial charge in [0.1, 0.15) is 17.4 Å². The third kappa shape index (κ3) is 4.89. The summed E-state index contributed by atoms with van der Waals surface area (Å²) in [5, 5.41) is 2.10. The van der Waals surface area contributed by atoms with E-state index in [2.05, 4.69) is 41.1 Å². The normalized spacial score (nSPS) is 14.1. The van der Waals surface area contributed by atoms with E-state index in [0.29, 0.717) is 6.54 Å². The minimum absolute atomic E-state index is 0.0992. The van der Waals surface area contributed by atoms with E-state index < -0.39 is 0 Å². The highest BCUT2D eigenvalue weighted by Gasteiger charge is 2.24. The third-order valence-corrected chi connectivity index (χ3v) is 6.95. The van der Waals surface area contributed by atoms with Gasteiger partial charge in [0.15, 0.2) is 0 Å². The fourth-order valence-corrected chi connectivity index (χ4v) is 5.05. The SMILES string of the molecule is COc1ccc(Cc2c(C)nc(C)nc2N2CCCN(C(=O)c3cccc4ccccc34)CC2)cc1. The first kappa shape index (κ1) is 23.8. The molecule has 0 aliphatic carbocycles. The Balaban J connectivity index is 1.38. The van der Waals surface area contributed by atoms with Crippen LogP contribution in [0.4, 0.5) is 5.82 Å². The lowest BCUT2D eigenvalue weighted by atomic mass is 10.0. The van der Waals surface area contributed by atoms with Crippen molar-refractivity contribution in [3.63, 3.8) is 0 Å². The second-order valence-corrected chi connectivity index (χ2v) is 9.34. The lowest BCUT2D eigenvalue weighted by Gasteiger charge is -2.26. The molecule has 0 bridgehead atoms. The summed E-state index contributed by atoms with van der Waals surface area (Å²) in [6.45, 7) is 6.99. The average molecular weight is 481 g/mol. The van der Waals surface area contributed by atoms with E-state index in [9.17, 15) is 4.79 Å². The van der Waals surface area contributed by atoms with Crippen LogP contribution in [-0.4, -0.2) is 54.1 Å². The number of anilines is 1. The molecule has 5 rings (SSSR count). The molecule has 6 nitrogen and oxygen atoms in total. The average Bonchev–Trinajstić information content (AvgIpc) is 3.16. The van der Waals surface area contributed by atoms with Gasteiger partial charge >= 0.3 is 0 Å². The van der Waals surface area contributed by atoms with E-state index in [4.69, 9.17) is 9.72 Å². The highest BCUT2D eigenvalue weighted by atomic mass is 16.5. The molecule has 184 valence electrons. The molecule has 1 amide bonds. The van der Waals surface area contributed by atoms with Crippen molar-refractivity contribution >= 4 is 22.5 Å². The molecule has 3 aromatic carbocycles. The summed E-state index contributed by atoms with van der Waals surface area (Å²) >= 11 is 0. The predicted molar refractivity (Wildman–Crippen MR) is 144 cm³/mol. The number of hydrogen-bond acceptors (Lipinski definition) is 5. The Morgan fingerprint density at radius 2 is 1.67 bits per heavy atom. The van der Waals surface area contributed by atoms with Crippen LogP contribution >= 0.6 is 0 Å². The van der Waals surface area contributed by atoms with Gasteiger partial charge in [0.2, 0.25) is 0 Å². The second-order valence-electron chi connectivity index (χ2n) is 9.34. The molecule has 0 saturated carbocycles. The summed E-state index contributed by atoms with van der Waals surface area (Å²) < 4.78 is 5.31. The van der Waals surface area contributed by atoms with Crippen molar-refractivity contribution in [1.82, 2.24) is 14.9 Å². The first-order valence-corrected chi connectivity index (χ1v) is 12.5. The van der Waals surface area contributed by atoms with Crippen LogP contribution in [-0.2, 0) is 6.42 Å². The van der Waals surface area contributed by atoms with Crippen LogP contribution in [0.25, 0.3) is 10.8 Å². The van der Waals surface area contributed by atoms with Gasteiger partial charge in [-0.2, -0.15) is 0 Å². The smallest absolute Gasteiger partial charge is 0.254 e. The second kappa shape index (κ2) is 10.4. The molecule has 36 heavy (non-hydrogen) atoms. The zero-order valence-electron chi connectivity index (χ0n) is 21.2. The minimum atomic E-state index is 0.0992. The van der Waals surface area contributed by atoms with E-state index >= 15 is 0 Å². The molecule has 1 aliphatic heterocycles. The van der Waals surface area contributed by atoms with E-state index in [1.807, 2.05) is 54.3 Å². The van der Waals surface area contributed by atoms with Gasteiger partial charge in [0.05, 0.1) is 7.11 Å². The molecular formula is C30H32N4O2. The fraction of sp³-hybridized carbons (Fsp3) is 0.300. The molecule has 1 aromatic heterocycles. The molecule has 0 unspecified atom stereocenters. The standard InChI is InChI=1S/C30H32N4O2/c1-21-28(20-23-12-14-25(36-3)15-13-23)29(32-22(2)31-21)33-16-7-17-34(19-18-33)30(35)27-11-6-9-24-8-4-5-10-26(24)27/h4-6,8-15H,7,16-20H2,1-3H3. The topological polar surface area (TPSA) is 58.6 Å². The number of aryl methyl sites for hydroxylation is 2. The first-order valence-electron chi connectivity index (χ1n) is 12.5. The third-order valence-electron chi connectivity index (χ3n) is 6.95. The molecule has 0 radical (unpaired) electrons. The maximum Gasteiger partial charge on any atom is 0.254 e. The number of rotatable bonds is 5. The zero-order chi connectivity index (χ0) is 25.1. The monoisotopic (exact) mass is 480 g/mol. The number of nitrogens with zero attached hydrogens (tertiary/aromatic N) is 4. The van der Waals surface area contributed by atoms with Crippen LogP contribution in [0.2, 0.25) is 0 Å². The Hall–Kier alpha value is -3.93. The molecule has 0 atom stereocenters. The summed E-state index contributed by atoms with van der Waals surface area (Å²) in [6, 6.07) is 22.2. The van der Waals surface area contributed by atoms with Crippen molar-refractivity contribution in [2.75, 3.05) is 38.2 Å². The van der Waals surface area contributed by atoms with Crippen LogP contribution in [0.5, 0.6) is 5.75 Å². The van der Waals surface area contributed by atoms with Crippen molar-refractivity contribution in [2.24, 2.45) is 0 Å². The van der Waals surface area contributed by atoms with Gasteiger partial charge in [-0.15, -0.1) is 0 Å². The lowest BCUT2D eigenvalue weighted by molar-refractivity contribution is 0.0769. The van der Waals surface area contributed by atoms with Gasteiger partial charge in [0, 0.05) is 49.4 Å². The van der Waals surface area contributed by atoms with Crippen molar-refractivity contribution in [3.8, 4) is 5.75 Å². The van der Waals surface area contributed by atoms with Gasteiger partial charge < -0.3 is 14.5 Å². The molecule has 1 saturated heterocycles. The minimum Gasteiger partial charge on any atom is -0.497 e. The first-order chi connectivity index (χ1) is 17.5. The summed E-state index contributed by atoms with van der Waals surface area (Å²) in [4.78, 5) is 27.4. The summed E-state index contributed by atoms with van der Waals surface area (Å²) in [5.74, 6) is 2.70. The van der Waals surface area contributed by atoms with Crippen LogP contribution < -0.4 is 9.64 Å². The van der Waals surface area contributed by atoms with Gasteiger partial charge in [-0.1, -0.05) is 48.5 Å². The zero-order valence-corrected chi connectivity index (χ0v) is 21.2. The number of carbonyl (C=O) groups excluding carboxylic acids is 1. The fourth-order valence-electron chi connectivity index (χ4n) is 5.05. The van der Waals surface area contributed by atoms with Crippen LogP contribution in [0.1, 0.15) is 39.4 Å². The number of hydrogen-bond donors (Lipinski definition) is 0. The van der Waals surface area contributed by atoms with Gasteiger partial charge in [-0.3, -0.25) is 4.79 Å². The summed E-state index contributed by atoms with van der Waals surface area (Å²) in [5.41, 5.74) is 4.10. The van der Waals surface area contributed by atoms with Crippen molar-refractivity contribution < 1.29 is 9.53 Å². The number of carbonyl (C=O) groups is 1. The van der Waals surface area contributed by atoms with Gasteiger partial charge in [-0.05, 0) is 54.8 Å². The Bertz CT molecular complexity index is 1380. The molecule has 0 N–H and O–H groups in total. The van der Waals surface area contributed by atoms with Crippen molar-refractivity contribution in [1.29, 1.82) is 0 Å². The lowest BCUT2D eigenvalue weighted by Crippen LogP contribution is -2.36. The van der Waals surface area contributed by atoms with E-state index in [0.717, 1.165) is 77.5 Å². The molecule has 1 aliphatic rings. The molecule has 1 fully saturated rings. The number of benzene rings is 3. The summed E-state index contributed by atoms with van der Waals surface area (Å²) in [7, 11) is 1.68. The Morgan fingerprint density at radius 1 is 0.889 bits per heavy atom. The van der Waals surface area contributed by atoms with Crippen LogP contribution in [0.15, 0.2) is 66.7 Å². The van der Waals surface area contributed by atoms with E-state index in [1.54, 1.807) is 7.11 Å². The maximum absolute atomic E-state index is 13.5. The molecule has 4 aromatic rings. The molecule has 2 heterocycles. The Labute approximate surface area is 212 Å². The largest absolute Gasteiger partial charge is 0.497 e. The van der Waals surface area contributed by atoms with Gasteiger partial charge in [-0.25, -0.2) is 9.97 Å². The highest BCUT2D eigenvalue weighted by Crippen LogP contribution is 2.27. The number of amides is 1. The molecular weight excluding hydrogens is 448 g/mol. The Morgan fingerprint density at radius 3 is 2.47 bits per heavy atom. The molecule has 6 heteroatoms. The van der Waals surface area contributed by atoms with E-state index in [-0.39, 0.29) is 5.91 Å². The van der Waals surface area contributed by atoms with Gasteiger partial charge in [0.25, 0.3) is 5.91 Å². The number of aromatic nitrogens is 2. The van der Waals surface area contributed by atoms with Crippen molar-refractivity contribution in [2.45, 2.75) is 26.7 Å². The predicted octanol–water partition coefficient (Wildman–Crippen LogP) is 5.20. The number of fused-ring (bicyclic) bond motifs is 1. The Kier molecular flexibility index (Phi) is 6.85. The summed E-state index contributed by atoms with van der Waals surface area (Å²) in [6.07, 6.45) is 1.64. The number of methoxy groups -OCH3 is 1.